The second kappa shape index (κ2) is 4.41. The number of aliphatic hydroxyl groups is 1. The number of carbonyl (C=O) groups excluding carboxylic acids is 1. The molecule has 0 aromatic carbocycles. The Morgan fingerprint density at radius 2 is 2.14 bits per heavy atom. The van der Waals surface area contributed by atoms with Crippen LogP contribution >= 0.6 is 0 Å². The number of carbonyl (C=O) groups is 2. The zero-order chi connectivity index (χ0) is 10.7. The van der Waals surface area contributed by atoms with Gasteiger partial charge in [0.05, 0.1) is 6.10 Å². The van der Waals surface area contributed by atoms with Crippen molar-refractivity contribution in [2.45, 2.75) is 38.3 Å². The van der Waals surface area contributed by atoms with Gasteiger partial charge in [0, 0.05) is 19.4 Å². The molecule has 5 nitrogen and oxygen atoms in total. The van der Waals surface area contributed by atoms with Gasteiger partial charge in [-0.3, -0.25) is 4.79 Å². The second-order valence-corrected chi connectivity index (χ2v) is 3.54. The van der Waals surface area contributed by atoms with Crippen LogP contribution in [0, 0.1) is 0 Å². The minimum absolute atomic E-state index is 0.144. The van der Waals surface area contributed by atoms with Gasteiger partial charge in [-0.2, -0.15) is 0 Å². The Labute approximate surface area is 82.3 Å². The molecule has 0 radical (unpaired) electrons. The molecule has 2 N–H and O–H groups in total. The lowest BCUT2D eigenvalue weighted by molar-refractivity contribution is -0.148. The van der Waals surface area contributed by atoms with Crippen molar-refractivity contribution in [2.75, 3.05) is 6.54 Å². The van der Waals surface area contributed by atoms with Crippen LogP contribution in [-0.4, -0.2) is 45.7 Å². The highest BCUT2D eigenvalue weighted by Crippen LogP contribution is 2.19. The van der Waals surface area contributed by atoms with Gasteiger partial charge in [0.2, 0.25) is 5.91 Å². The van der Waals surface area contributed by atoms with Crippen LogP contribution in [0.4, 0.5) is 0 Å². The highest BCUT2D eigenvalue weighted by atomic mass is 16.4. The molecule has 0 saturated carbocycles. The number of β-amino-alcohol motifs (C(OH)–C–C–N with tert-alkyl or cyclic N) is 1. The van der Waals surface area contributed by atoms with Gasteiger partial charge in [-0.15, -0.1) is 0 Å². The van der Waals surface area contributed by atoms with Crippen molar-refractivity contribution in [3.05, 3.63) is 0 Å². The Morgan fingerprint density at radius 1 is 1.50 bits per heavy atom. The summed E-state index contributed by atoms with van der Waals surface area (Å²) in [7, 11) is 0. The summed E-state index contributed by atoms with van der Waals surface area (Å²) in [5.41, 5.74) is 0. The summed E-state index contributed by atoms with van der Waals surface area (Å²) in [6, 6.07) is -0.843. The van der Waals surface area contributed by atoms with Crippen LogP contribution in [0.25, 0.3) is 0 Å². The van der Waals surface area contributed by atoms with Crippen molar-refractivity contribution >= 4 is 11.9 Å². The minimum Gasteiger partial charge on any atom is -0.480 e. The molecule has 80 valence electrons. The van der Waals surface area contributed by atoms with Gasteiger partial charge >= 0.3 is 5.97 Å². The largest absolute Gasteiger partial charge is 0.480 e. The number of nitrogens with zero attached hydrogens (tertiary/aromatic N) is 1. The molecule has 1 heterocycles. The third-order valence-electron chi connectivity index (χ3n) is 2.35. The molecule has 1 aliphatic rings. The normalized spacial score (nSPS) is 26.6. The molecule has 1 amide bonds. The average Bonchev–Trinajstić information content (AvgIpc) is 2.48. The van der Waals surface area contributed by atoms with Gasteiger partial charge in [-0.25, -0.2) is 4.79 Å². The smallest absolute Gasteiger partial charge is 0.326 e. The number of amides is 1. The van der Waals surface area contributed by atoms with Crippen LogP contribution in [-0.2, 0) is 9.59 Å². The molecule has 0 spiro atoms. The van der Waals surface area contributed by atoms with Crippen molar-refractivity contribution in [2.24, 2.45) is 0 Å². The maximum atomic E-state index is 11.5. The molecule has 1 rings (SSSR count). The Kier molecular flexibility index (Phi) is 3.46. The fraction of sp³-hybridized carbons (Fsp3) is 0.778. The predicted molar refractivity (Wildman–Crippen MR) is 48.7 cm³/mol. The van der Waals surface area contributed by atoms with E-state index in [4.69, 9.17) is 5.11 Å². The molecule has 1 saturated heterocycles. The van der Waals surface area contributed by atoms with Gasteiger partial charge in [0.1, 0.15) is 6.04 Å². The van der Waals surface area contributed by atoms with E-state index in [-0.39, 0.29) is 18.9 Å². The highest BCUT2D eigenvalue weighted by Gasteiger charge is 2.38. The summed E-state index contributed by atoms with van der Waals surface area (Å²) in [6.07, 6.45) is 0.482. The quantitative estimate of drug-likeness (QED) is 0.664. The second-order valence-electron chi connectivity index (χ2n) is 3.54. The number of carboxylic acids is 1. The van der Waals surface area contributed by atoms with Crippen molar-refractivity contribution in [3.63, 3.8) is 0 Å². The Morgan fingerprint density at radius 3 is 2.64 bits per heavy atom. The Hall–Kier alpha value is -1.10. The first-order valence-electron chi connectivity index (χ1n) is 4.76. The summed E-state index contributed by atoms with van der Waals surface area (Å²) >= 11 is 0. The summed E-state index contributed by atoms with van der Waals surface area (Å²) in [6.45, 7) is 2.01. The van der Waals surface area contributed by atoms with Crippen LogP contribution in [0.2, 0.25) is 0 Å². The average molecular weight is 201 g/mol. The lowest BCUT2D eigenvalue weighted by atomic mass is 10.2. The fourth-order valence-corrected chi connectivity index (χ4v) is 1.68. The van der Waals surface area contributed by atoms with Crippen LogP contribution in [0.15, 0.2) is 0 Å². The van der Waals surface area contributed by atoms with E-state index < -0.39 is 18.1 Å². The summed E-state index contributed by atoms with van der Waals surface area (Å²) in [5.74, 6) is -1.22. The maximum absolute atomic E-state index is 11.5. The molecule has 0 aromatic rings. The van der Waals surface area contributed by atoms with E-state index in [0.717, 1.165) is 0 Å². The molecule has 2 unspecified atom stereocenters. The van der Waals surface area contributed by atoms with E-state index >= 15 is 0 Å². The summed E-state index contributed by atoms with van der Waals surface area (Å²) in [4.78, 5) is 23.5. The number of likely N-dealkylation sites (tertiary alicyclic amines) is 1. The molecule has 5 heteroatoms. The van der Waals surface area contributed by atoms with Crippen molar-refractivity contribution in [1.29, 1.82) is 0 Å². The van der Waals surface area contributed by atoms with Gasteiger partial charge in [0.25, 0.3) is 0 Å². The Balaban J connectivity index is 2.66. The zero-order valence-corrected chi connectivity index (χ0v) is 8.14. The van der Waals surface area contributed by atoms with Crippen LogP contribution in [0.1, 0.15) is 26.2 Å². The monoisotopic (exact) mass is 201 g/mol. The summed E-state index contributed by atoms with van der Waals surface area (Å²) in [5, 5.41) is 18.1. The first-order chi connectivity index (χ1) is 6.56. The summed E-state index contributed by atoms with van der Waals surface area (Å²) < 4.78 is 0. The molecule has 14 heavy (non-hydrogen) atoms. The number of aliphatic hydroxyl groups excluding tert-OH is 1. The molecule has 0 aliphatic carbocycles. The molecular formula is C9H15NO4. The van der Waals surface area contributed by atoms with Gasteiger partial charge in [-0.1, -0.05) is 6.92 Å². The first-order valence-corrected chi connectivity index (χ1v) is 4.76. The number of hydrogen-bond donors (Lipinski definition) is 2. The highest BCUT2D eigenvalue weighted by molar-refractivity contribution is 5.84. The van der Waals surface area contributed by atoms with E-state index in [0.29, 0.717) is 12.8 Å². The predicted octanol–water partition coefficient (Wildman–Crippen LogP) is -0.167. The minimum atomic E-state index is -1.04. The fourth-order valence-electron chi connectivity index (χ4n) is 1.68. The third-order valence-corrected chi connectivity index (χ3v) is 2.35. The molecule has 0 bridgehead atoms. The van der Waals surface area contributed by atoms with E-state index in [1.807, 2.05) is 6.92 Å². The van der Waals surface area contributed by atoms with E-state index in [1.54, 1.807) is 0 Å². The van der Waals surface area contributed by atoms with E-state index in [2.05, 4.69) is 0 Å². The van der Waals surface area contributed by atoms with Crippen molar-refractivity contribution in [3.8, 4) is 0 Å². The first kappa shape index (κ1) is 11.0. The van der Waals surface area contributed by atoms with Crippen LogP contribution < -0.4 is 0 Å². The zero-order valence-electron chi connectivity index (χ0n) is 8.14. The number of aliphatic carboxylic acids is 1. The topological polar surface area (TPSA) is 77.8 Å². The number of hydrogen-bond acceptors (Lipinski definition) is 3. The van der Waals surface area contributed by atoms with Gasteiger partial charge in [0.15, 0.2) is 0 Å². The number of rotatable bonds is 3. The lowest BCUT2D eigenvalue weighted by Crippen LogP contribution is -2.40. The maximum Gasteiger partial charge on any atom is 0.326 e. The molecular weight excluding hydrogens is 186 g/mol. The van der Waals surface area contributed by atoms with Crippen LogP contribution in [0.5, 0.6) is 0 Å². The SMILES string of the molecule is CCCC(=O)N1CC(O)CC1C(=O)O. The molecule has 1 fully saturated rings. The van der Waals surface area contributed by atoms with Crippen LogP contribution in [0.3, 0.4) is 0 Å². The molecule has 2 atom stereocenters. The van der Waals surface area contributed by atoms with Crippen molar-refractivity contribution < 1.29 is 19.8 Å². The lowest BCUT2D eigenvalue weighted by Gasteiger charge is -2.20. The van der Waals surface area contributed by atoms with E-state index in [1.165, 1.54) is 4.90 Å². The van der Waals surface area contributed by atoms with Gasteiger partial charge < -0.3 is 15.1 Å². The van der Waals surface area contributed by atoms with Gasteiger partial charge in [-0.05, 0) is 6.42 Å². The van der Waals surface area contributed by atoms with Crippen molar-refractivity contribution in [1.82, 2.24) is 4.90 Å². The third kappa shape index (κ3) is 2.23. The molecule has 0 aromatic heterocycles. The Bertz CT molecular complexity index is 241. The standard InChI is InChI=1S/C9H15NO4/c1-2-3-8(12)10-5-6(11)4-7(10)9(13)14/h6-7,11H,2-5H2,1H3,(H,13,14). The number of carboxylic acid groups (broad SMARTS) is 1. The molecule has 1 aliphatic heterocycles. The van der Waals surface area contributed by atoms with E-state index in [9.17, 15) is 14.7 Å².